The Balaban J connectivity index is 1.09. The van der Waals surface area contributed by atoms with Gasteiger partial charge in [-0.1, -0.05) is 109 Å². The molecule has 0 spiro atoms. The molecule has 0 saturated carbocycles. The Morgan fingerprint density at radius 3 is 1.55 bits per heavy atom. The molecule has 0 bridgehead atoms. The third-order valence-electron chi connectivity index (χ3n) is 11.9. The molecule has 0 unspecified atom stereocenters. The predicted molar refractivity (Wildman–Crippen MR) is 249 cm³/mol. The van der Waals surface area contributed by atoms with Gasteiger partial charge < -0.3 is 18.5 Å². The maximum absolute atomic E-state index is 13.6. The summed E-state index contributed by atoms with van der Waals surface area (Å²) in [7, 11) is 0. The topological polar surface area (TPSA) is 43.3 Å². The molecule has 12 rings (SSSR count). The second-order valence-electron chi connectivity index (χ2n) is 15.3. The Kier molecular flexibility index (Phi) is 7.62. The summed E-state index contributed by atoms with van der Waals surface area (Å²) in [4.78, 5) is 15.9. The lowest BCUT2D eigenvalue weighted by Gasteiger charge is -2.25. The van der Waals surface area contributed by atoms with Crippen LogP contribution in [0.3, 0.4) is 0 Å². The molecule has 0 N–H and O–H groups in total. The smallest absolute Gasteiger partial charge is 0.200 e. The van der Waals surface area contributed by atoms with Gasteiger partial charge in [-0.15, -0.1) is 0 Å². The van der Waals surface area contributed by atoms with Crippen molar-refractivity contribution in [3.8, 4) is 22.5 Å². The number of benzene rings is 9. The van der Waals surface area contributed by atoms with Crippen LogP contribution in [-0.4, -0.2) is 9.13 Å². The summed E-state index contributed by atoms with van der Waals surface area (Å²) >= 11 is 0. The molecular formula is C55H35N3O2. The van der Waals surface area contributed by atoms with Crippen LogP contribution in [0, 0.1) is 0 Å². The average Bonchev–Trinajstić information content (AvgIpc) is 3.81. The van der Waals surface area contributed by atoms with E-state index >= 15 is 0 Å². The van der Waals surface area contributed by atoms with Crippen LogP contribution >= 0.6 is 0 Å². The van der Waals surface area contributed by atoms with E-state index in [9.17, 15) is 4.79 Å². The van der Waals surface area contributed by atoms with E-state index in [1.807, 2.05) is 42.5 Å². The first kappa shape index (κ1) is 33.9. The predicted octanol–water partition coefficient (Wildman–Crippen LogP) is 14.3. The van der Waals surface area contributed by atoms with Gasteiger partial charge in [-0.2, -0.15) is 0 Å². The summed E-state index contributed by atoms with van der Waals surface area (Å²) in [5, 5.41) is 5.90. The molecule has 282 valence electrons. The van der Waals surface area contributed by atoms with Gasteiger partial charge in [0, 0.05) is 50.0 Å². The first-order valence-corrected chi connectivity index (χ1v) is 20.2. The van der Waals surface area contributed by atoms with Crippen molar-refractivity contribution in [2.45, 2.75) is 0 Å². The summed E-state index contributed by atoms with van der Waals surface area (Å²) in [6.45, 7) is 0. The Hall–Kier alpha value is -8.15. The van der Waals surface area contributed by atoms with Gasteiger partial charge in [0.1, 0.15) is 11.2 Å². The molecule has 3 heterocycles. The Morgan fingerprint density at radius 1 is 0.333 bits per heavy atom. The molecule has 12 aromatic rings. The van der Waals surface area contributed by atoms with Crippen LogP contribution in [0.5, 0.6) is 0 Å². The fourth-order valence-electron chi connectivity index (χ4n) is 9.13. The number of para-hydroxylation sites is 5. The van der Waals surface area contributed by atoms with E-state index in [1.54, 1.807) is 0 Å². The molecule has 0 radical (unpaired) electrons. The van der Waals surface area contributed by atoms with Crippen LogP contribution in [0.15, 0.2) is 222 Å². The van der Waals surface area contributed by atoms with Gasteiger partial charge in [-0.25, -0.2) is 0 Å². The highest BCUT2D eigenvalue weighted by molar-refractivity contribution is 6.19. The highest BCUT2D eigenvalue weighted by Gasteiger charge is 2.21. The van der Waals surface area contributed by atoms with E-state index in [1.165, 1.54) is 27.1 Å². The van der Waals surface area contributed by atoms with Crippen molar-refractivity contribution in [1.82, 2.24) is 9.13 Å². The van der Waals surface area contributed by atoms with Gasteiger partial charge in [-0.3, -0.25) is 4.79 Å². The van der Waals surface area contributed by atoms with Crippen LogP contribution in [-0.2, 0) is 0 Å². The second-order valence-corrected chi connectivity index (χ2v) is 15.3. The zero-order chi connectivity index (χ0) is 39.7. The van der Waals surface area contributed by atoms with Gasteiger partial charge in [0.15, 0.2) is 0 Å². The monoisotopic (exact) mass is 769 g/mol. The third-order valence-corrected chi connectivity index (χ3v) is 11.9. The standard InChI is InChI=1S/C55H35N3O2/c59-55-45-21-11-13-23-53(45)60-54-31-26-37(32-48(54)55)36-24-27-41(28-25-36)58-50-33-42(56(38-14-4-1-5-15-38)39-16-6-2-7-17-39)29-30-44(50)47-35-51-46(34-52(47)58)43-20-10-12-22-49(43)57(51)40-18-8-3-9-19-40/h1-35H. The van der Waals surface area contributed by atoms with E-state index in [-0.39, 0.29) is 5.43 Å². The van der Waals surface area contributed by atoms with Crippen molar-refractivity contribution in [3.05, 3.63) is 223 Å². The lowest BCUT2D eigenvalue weighted by Crippen LogP contribution is -2.09. The number of fused-ring (bicyclic) bond motifs is 8. The molecule has 0 amide bonds. The molecule has 0 fully saturated rings. The maximum Gasteiger partial charge on any atom is 0.200 e. The minimum atomic E-state index is -0.0219. The third kappa shape index (κ3) is 5.30. The van der Waals surface area contributed by atoms with Crippen LogP contribution < -0.4 is 10.3 Å². The number of anilines is 3. The average molecular weight is 770 g/mol. The SMILES string of the molecule is O=c1c2ccccc2oc2ccc(-c3ccc(-n4c5cc(N(c6ccccc6)c6ccccc6)ccc5c5cc6c(cc54)c4ccccc4n6-c4ccccc4)cc3)cc12. The highest BCUT2D eigenvalue weighted by atomic mass is 16.3. The van der Waals surface area contributed by atoms with Crippen molar-refractivity contribution in [1.29, 1.82) is 0 Å². The number of hydrogen-bond acceptors (Lipinski definition) is 3. The fourth-order valence-corrected chi connectivity index (χ4v) is 9.13. The van der Waals surface area contributed by atoms with Crippen molar-refractivity contribution in [2.75, 3.05) is 4.90 Å². The first-order chi connectivity index (χ1) is 29.7. The van der Waals surface area contributed by atoms with Crippen molar-refractivity contribution in [2.24, 2.45) is 0 Å². The summed E-state index contributed by atoms with van der Waals surface area (Å²) < 4.78 is 10.9. The van der Waals surface area contributed by atoms with Crippen LogP contribution in [0.2, 0.25) is 0 Å². The van der Waals surface area contributed by atoms with E-state index < -0.39 is 0 Å². The van der Waals surface area contributed by atoms with Crippen LogP contribution in [0.1, 0.15) is 0 Å². The quantitative estimate of drug-likeness (QED) is 0.158. The lowest BCUT2D eigenvalue weighted by atomic mass is 10.0. The minimum absolute atomic E-state index is 0.0219. The number of aromatic nitrogens is 2. The second kappa shape index (κ2) is 13.5. The summed E-state index contributed by atoms with van der Waals surface area (Å²) in [5.74, 6) is 0. The van der Waals surface area contributed by atoms with E-state index in [0.717, 1.165) is 56.1 Å². The molecular weight excluding hydrogens is 735 g/mol. The van der Waals surface area contributed by atoms with E-state index in [2.05, 4.69) is 184 Å². The molecule has 0 atom stereocenters. The first-order valence-electron chi connectivity index (χ1n) is 20.2. The molecule has 60 heavy (non-hydrogen) atoms. The van der Waals surface area contributed by atoms with Gasteiger partial charge in [0.05, 0.1) is 32.8 Å². The summed E-state index contributed by atoms with van der Waals surface area (Å²) in [5.41, 5.74) is 13.1. The molecule has 0 aliphatic rings. The molecule has 0 aliphatic carbocycles. The molecule has 0 saturated heterocycles. The van der Waals surface area contributed by atoms with Gasteiger partial charge in [0.25, 0.3) is 0 Å². The number of hydrogen-bond donors (Lipinski definition) is 0. The molecule has 5 nitrogen and oxygen atoms in total. The molecule has 5 heteroatoms. The largest absolute Gasteiger partial charge is 0.456 e. The van der Waals surface area contributed by atoms with Crippen molar-refractivity contribution in [3.63, 3.8) is 0 Å². The Morgan fingerprint density at radius 2 is 0.850 bits per heavy atom. The van der Waals surface area contributed by atoms with Crippen molar-refractivity contribution >= 4 is 82.6 Å². The normalized spacial score (nSPS) is 11.7. The van der Waals surface area contributed by atoms with Crippen LogP contribution in [0.25, 0.3) is 88.1 Å². The molecule has 3 aromatic heterocycles. The molecule has 9 aromatic carbocycles. The Bertz CT molecular complexity index is 3620. The lowest BCUT2D eigenvalue weighted by molar-refractivity contribution is 0.660. The Labute approximate surface area is 344 Å². The van der Waals surface area contributed by atoms with Gasteiger partial charge >= 0.3 is 0 Å². The van der Waals surface area contributed by atoms with Crippen LogP contribution in [0.4, 0.5) is 17.1 Å². The molecule has 0 aliphatic heterocycles. The van der Waals surface area contributed by atoms with Gasteiger partial charge in [0.2, 0.25) is 5.43 Å². The van der Waals surface area contributed by atoms with E-state index in [4.69, 9.17) is 4.42 Å². The fraction of sp³-hybridized carbons (Fsp3) is 0. The zero-order valence-electron chi connectivity index (χ0n) is 32.4. The number of nitrogens with zero attached hydrogens (tertiary/aromatic N) is 3. The highest BCUT2D eigenvalue weighted by Crippen LogP contribution is 2.43. The van der Waals surface area contributed by atoms with Crippen molar-refractivity contribution < 1.29 is 4.42 Å². The van der Waals surface area contributed by atoms with Gasteiger partial charge in [-0.05, 0) is 114 Å². The summed E-state index contributed by atoms with van der Waals surface area (Å²) in [6.07, 6.45) is 0. The minimum Gasteiger partial charge on any atom is -0.456 e. The maximum atomic E-state index is 13.6. The van der Waals surface area contributed by atoms with E-state index in [0.29, 0.717) is 21.9 Å². The number of rotatable bonds is 6. The zero-order valence-corrected chi connectivity index (χ0v) is 32.4. The summed E-state index contributed by atoms with van der Waals surface area (Å²) in [6, 6.07) is 74.0.